The van der Waals surface area contributed by atoms with E-state index in [1.807, 2.05) is 12.3 Å². The van der Waals surface area contributed by atoms with Gasteiger partial charge < -0.3 is 10.7 Å². The molecule has 0 amide bonds. The Bertz CT molecular complexity index is 529. The van der Waals surface area contributed by atoms with Gasteiger partial charge in [-0.2, -0.15) is 0 Å². The molecule has 0 aromatic carbocycles. The van der Waals surface area contributed by atoms with E-state index in [1.54, 1.807) is 0 Å². The normalized spacial score (nSPS) is 17.5. The summed E-state index contributed by atoms with van der Waals surface area (Å²) in [6.07, 6.45) is 6.55. The second-order valence-electron chi connectivity index (χ2n) is 5.27. The maximum atomic E-state index is 5.89. The molecular formula is C14H20N4. The number of nitrogens with two attached hydrogens (primary N) is 1. The number of H-pyrrole nitrogens is 1. The summed E-state index contributed by atoms with van der Waals surface area (Å²) in [5.41, 5.74) is 8.17. The Morgan fingerprint density at radius 1 is 1.56 bits per heavy atom. The molecule has 18 heavy (non-hydrogen) atoms. The predicted octanol–water partition coefficient (Wildman–Crippen LogP) is 1.73. The summed E-state index contributed by atoms with van der Waals surface area (Å²) in [5, 5.41) is 1.22. The van der Waals surface area contributed by atoms with Crippen molar-refractivity contribution in [2.45, 2.75) is 25.4 Å². The van der Waals surface area contributed by atoms with Crippen LogP contribution in [0.25, 0.3) is 11.0 Å². The van der Waals surface area contributed by atoms with Crippen LogP contribution in [0.2, 0.25) is 0 Å². The first kappa shape index (κ1) is 11.7. The summed E-state index contributed by atoms with van der Waals surface area (Å²) in [6.45, 7) is 1.69. The molecule has 0 saturated heterocycles. The van der Waals surface area contributed by atoms with Crippen molar-refractivity contribution in [3.05, 3.63) is 30.1 Å². The molecule has 3 N–H and O–H groups in total. The molecule has 1 atom stereocenters. The first-order chi connectivity index (χ1) is 8.79. The second kappa shape index (κ2) is 4.71. The molecule has 0 aliphatic heterocycles. The van der Waals surface area contributed by atoms with E-state index in [9.17, 15) is 0 Å². The van der Waals surface area contributed by atoms with E-state index in [2.05, 4.69) is 34.2 Å². The fourth-order valence-corrected chi connectivity index (χ4v) is 2.74. The Morgan fingerprint density at radius 2 is 2.39 bits per heavy atom. The SMILES string of the molecule is CN(Cc1c[nH]c2ncccc12)C(CN)C1CC1. The Balaban J connectivity index is 1.79. The zero-order chi connectivity index (χ0) is 12.5. The number of fused-ring (bicyclic) bond motifs is 1. The topological polar surface area (TPSA) is 57.9 Å². The van der Waals surface area contributed by atoms with Gasteiger partial charge in [-0.05, 0) is 43.5 Å². The monoisotopic (exact) mass is 244 g/mol. The summed E-state index contributed by atoms with van der Waals surface area (Å²) in [7, 11) is 2.17. The minimum Gasteiger partial charge on any atom is -0.346 e. The standard InChI is InChI=1S/C14H20N4/c1-18(13(7-15)10-4-5-10)9-11-8-17-14-12(11)3-2-6-16-14/h2-3,6,8,10,13H,4-5,7,9,15H2,1H3,(H,16,17). The number of likely N-dealkylation sites (N-methyl/N-ethyl adjacent to an activating group) is 1. The number of aromatic amines is 1. The fourth-order valence-electron chi connectivity index (χ4n) is 2.74. The van der Waals surface area contributed by atoms with Crippen LogP contribution in [0.1, 0.15) is 18.4 Å². The molecule has 4 nitrogen and oxygen atoms in total. The minimum absolute atomic E-state index is 0.520. The highest BCUT2D eigenvalue weighted by Gasteiger charge is 2.32. The molecule has 2 aromatic heterocycles. The fraction of sp³-hybridized carbons (Fsp3) is 0.500. The van der Waals surface area contributed by atoms with Crippen molar-refractivity contribution in [1.29, 1.82) is 0 Å². The number of rotatable bonds is 5. The van der Waals surface area contributed by atoms with Crippen molar-refractivity contribution in [2.75, 3.05) is 13.6 Å². The highest BCUT2D eigenvalue weighted by atomic mass is 15.1. The Hall–Kier alpha value is -1.39. The molecule has 1 saturated carbocycles. The largest absolute Gasteiger partial charge is 0.346 e. The molecule has 2 aromatic rings. The van der Waals surface area contributed by atoms with E-state index in [-0.39, 0.29) is 0 Å². The predicted molar refractivity (Wildman–Crippen MR) is 73.1 cm³/mol. The molecular weight excluding hydrogens is 224 g/mol. The molecule has 96 valence electrons. The van der Waals surface area contributed by atoms with E-state index >= 15 is 0 Å². The van der Waals surface area contributed by atoms with Gasteiger partial charge in [0, 0.05) is 36.9 Å². The lowest BCUT2D eigenvalue weighted by atomic mass is 10.1. The van der Waals surface area contributed by atoms with Gasteiger partial charge in [-0.3, -0.25) is 4.90 Å². The number of pyridine rings is 1. The summed E-state index contributed by atoms with van der Waals surface area (Å²) in [6, 6.07) is 4.63. The van der Waals surface area contributed by atoms with Crippen LogP contribution in [-0.2, 0) is 6.54 Å². The molecule has 1 aliphatic rings. The van der Waals surface area contributed by atoms with Gasteiger partial charge in [0.2, 0.25) is 0 Å². The van der Waals surface area contributed by atoms with Crippen LogP contribution in [-0.4, -0.2) is 34.5 Å². The van der Waals surface area contributed by atoms with Crippen molar-refractivity contribution < 1.29 is 0 Å². The molecule has 1 unspecified atom stereocenters. The number of nitrogens with zero attached hydrogens (tertiary/aromatic N) is 2. The number of hydrogen-bond acceptors (Lipinski definition) is 3. The minimum atomic E-state index is 0.520. The highest BCUT2D eigenvalue weighted by Crippen LogP contribution is 2.35. The van der Waals surface area contributed by atoms with Crippen LogP contribution in [0.3, 0.4) is 0 Å². The summed E-state index contributed by atoms with van der Waals surface area (Å²) in [5.74, 6) is 0.809. The average molecular weight is 244 g/mol. The third-order valence-electron chi connectivity index (χ3n) is 3.93. The lowest BCUT2D eigenvalue weighted by Gasteiger charge is -2.26. The third-order valence-corrected chi connectivity index (χ3v) is 3.93. The molecule has 1 fully saturated rings. The maximum Gasteiger partial charge on any atom is 0.137 e. The number of hydrogen-bond donors (Lipinski definition) is 2. The van der Waals surface area contributed by atoms with Crippen LogP contribution in [0, 0.1) is 5.92 Å². The van der Waals surface area contributed by atoms with Gasteiger partial charge >= 0.3 is 0 Å². The third kappa shape index (κ3) is 2.13. The van der Waals surface area contributed by atoms with E-state index in [0.717, 1.165) is 24.7 Å². The zero-order valence-corrected chi connectivity index (χ0v) is 10.8. The average Bonchev–Trinajstić information content (AvgIpc) is 3.13. The summed E-state index contributed by atoms with van der Waals surface area (Å²) >= 11 is 0. The second-order valence-corrected chi connectivity index (χ2v) is 5.27. The quantitative estimate of drug-likeness (QED) is 0.842. The van der Waals surface area contributed by atoms with E-state index in [4.69, 9.17) is 5.73 Å². The van der Waals surface area contributed by atoms with E-state index < -0.39 is 0 Å². The van der Waals surface area contributed by atoms with Gasteiger partial charge in [-0.15, -0.1) is 0 Å². The van der Waals surface area contributed by atoms with Crippen LogP contribution < -0.4 is 5.73 Å². The lowest BCUT2D eigenvalue weighted by molar-refractivity contribution is 0.216. The van der Waals surface area contributed by atoms with Gasteiger partial charge in [-0.1, -0.05) is 0 Å². The molecule has 0 spiro atoms. The Morgan fingerprint density at radius 3 is 3.11 bits per heavy atom. The number of aromatic nitrogens is 2. The summed E-state index contributed by atoms with van der Waals surface area (Å²) < 4.78 is 0. The van der Waals surface area contributed by atoms with Crippen LogP contribution in [0.5, 0.6) is 0 Å². The first-order valence-electron chi connectivity index (χ1n) is 6.61. The molecule has 1 aliphatic carbocycles. The van der Waals surface area contributed by atoms with Gasteiger partial charge in [0.15, 0.2) is 0 Å². The Labute approximate surface area is 107 Å². The van der Waals surface area contributed by atoms with E-state index in [1.165, 1.54) is 23.8 Å². The van der Waals surface area contributed by atoms with Crippen LogP contribution in [0.4, 0.5) is 0 Å². The molecule has 0 bridgehead atoms. The zero-order valence-electron chi connectivity index (χ0n) is 10.8. The van der Waals surface area contributed by atoms with Gasteiger partial charge in [0.1, 0.15) is 5.65 Å². The maximum absolute atomic E-state index is 5.89. The number of nitrogens with one attached hydrogen (secondary N) is 1. The van der Waals surface area contributed by atoms with Crippen molar-refractivity contribution in [2.24, 2.45) is 11.7 Å². The summed E-state index contributed by atoms with van der Waals surface area (Å²) in [4.78, 5) is 9.93. The van der Waals surface area contributed by atoms with Crippen LogP contribution >= 0.6 is 0 Å². The van der Waals surface area contributed by atoms with Crippen molar-refractivity contribution in [3.63, 3.8) is 0 Å². The van der Waals surface area contributed by atoms with Crippen molar-refractivity contribution >= 4 is 11.0 Å². The molecule has 0 radical (unpaired) electrons. The first-order valence-corrected chi connectivity index (χ1v) is 6.61. The van der Waals surface area contributed by atoms with Gasteiger partial charge in [0.25, 0.3) is 0 Å². The highest BCUT2D eigenvalue weighted by molar-refractivity contribution is 5.79. The van der Waals surface area contributed by atoms with Gasteiger partial charge in [-0.25, -0.2) is 4.98 Å². The molecule has 4 heteroatoms. The molecule has 2 heterocycles. The Kier molecular flexibility index (Phi) is 3.06. The lowest BCUT2D eigenvalue weighted by Crippen LogP contribution is -2.39. The smallest absolute Gasteiger partial charge is 0.137 e. The van der Waals surface area contributed by atoms with E-state index in [0.29, 0.717) is 6.04 Å². The van der Waals surface area contributed by atoms with Crippen molar-refractivity contribution in [3.8, 4) is 0 Å². The van der Waals surface area contributed by atoms with Crippen molar-refractivity contribution in [1.82, 2.24) is 14.9 Å². The van der Waals surface area contributed by atoms with Gasteiger partial charge in [0.05, 0.1) is 0 Å². The van der Waals surface area contributed by atoms with Crippen LogP contribution in [0.15, 0.2) is 24.5 Å². The molecule has 3 rings (SSSR count).